The highest BCUT2D eigenvalue weighted by Gasteiger charge is 2.08. The number of nitrogens with zero attached hydrogens (tertiary/aromatic N) is 4. The predicted octanol–water partition coefficient (Wildman–Crippen LogP) is -1.13. The Balaban J connectivity index is 2.04. The fraction of sp³-hybridized carbons (Fsp3) is 0.400. The highest BCUT2D eigenvalue weighted by molar-refractivity contribution is 5.81. The van der Waals surface area contributed by atoms with E-state index in [1.54, 1.807) is 10.9 Å². The third-order valence-corrected chi connectivity index (χ3v) is 2.48. The van der Waals surface area contributed by atoms with E-state index in [4.69, 9.17) is 11.5 Å². The average Bonchev–Trinajstić information content (AvgIpc) is 2.78. The molecule has 0 aliphatic rings. The zero-order valence-electron chi connectivity index (χ0n) is 9.83. The van der Waals surface area contributed by atoms with E-state index in [0.29, 0.717) is 43.0 Å². The minimum absolute atomic E-state index is 0.0515. The van der Waals surface area contributed by atoms with Crippen LogP contribution in [0.25, 0.3) is 11.2 Å². The molecule has 96 valence electrons. The van der Waals surface area contributed by atoms with Crippen LogP contribution < -0.4 is 16.8 Å². The van der Waals surface area contributed by atoms with Crippen LogP contribution in [0.3, 0.4) is 0 Å². The molecule has 0 unspecified atom stereocenters. The normalized spacial score (nSPS) is 10.7. The van der Waals surface area contributed by atoms with E-state index < -0.39 is 0 Å². The van der Waals surface area contributed by atoms with Gasteiger partial charge in [0.1, 0.15) is 11.8 Å². The van der Waals surface area contributed by atoms with Gasteiger partial charge in [0.25, 0.3) is 0 Å². The maximum Gasteiger partial charge on any atom is 0.221 e. The third kappa shape index (κ3) is 2.54. The van der Waals surface area contributed by atoms with Gasteiger partial charge < -0.3 is 21.4 Å². The smallest absolute Gasteiger partial charge is 0.221 e. The third-order valence-electron chi connectivity index (χ3n) is 2.48. The molecule has 5 N–H and O–H groups in total. The average molecular weight is 249 g/mol. The number of nitrogens with two attached hydrogens (primary N) is 2. The van der Waals surface area contributed by atoms with Crippen molar-refractivity contribution in [3.63, 3.8) is 0 Å². The van der Waals surface area contributed by atoms with E-state index in [2.05, 4.69) is 20.3 Å². The van der Waals surface area contributed by atoms with Crippen molar-refractivity contribution in [2.75, 3.05) is 18.8 Å². The van der Waals surface area contributed by atoms with Crippen LogP contribution in [-0.4, -0.2) is 38.5 Å². The van der Waals surface area contributed by atoms with Crippen LogP contribution in [0.2, 0.25) is 0 Å². The molecule has 18 heavy (non-hydrogen) atoms. The van der Waals surface area contributed by atoms with Crippen molar-refractivity contribution < 1.29 is 4.79 Å². The molecule has 0 radical (unpaired) electrons. The quantitative estimate of drug-likeness (QED) is 0.616. The zero-order valence-corrected chi connectivity index (χ0v) is 9.83. The van der Waals surface area contributed by atoms with Crippen LogP contribution in [-0.2, 0) is 11.3 Å². The van der Waals surface area contributed by atoms with Crippen LogP contribution in [0, 0.1) is 0 Å². The van der Waals surface area contributed by atoms with Crippen LogP contribution in [0.5, 0.6) is 0 Å². The summed E-state index contributed by atoms with van der Waals surface area (Å²) in [6, 6.07) is 0. The van der Waals surface area contributed by atoms with Gasteiger partial charge in [-0.05, 0) is 0 Å². The number of aromatic nitrogens is 4. The van der Waals surface area contributed by atoms with Crippen molar-refractivity contribution in [1.29, 1.82) is 0 Å². The Morgan fingerprint density at radius 1 is 1.39 bits per heavy atom. The summed E-state index contributed by atoms with van der Waals surface area (Å²) in [5.41, 5.74) is 12.2. The molecule has 0 saturated carbocycles. The summed E-state index contributed by atoms with van der Waals surface area (Å²) >= 11 is 0. The van der Waals surface area contributed by atoms with E-state index in [1.807, 2.05) is 0 Å². The molecule has 0 bridgehead atoms. The molecule has 0 fully saturated rings. The van der Waals surface area contributed by atoms with Crippen LogP contribution in [0.4, 0.5) is 5.82 Å². The number of carbonyl (C=O) groups excluding carboxylic acids is 1. The lowest BCUT2D eigenvalue weighted by molar-refractivity contribution is -0.121. The SMILES string of the molecule is NCCNC(=O)CCn1cnc2c(N)ncnc21. The largest absolute Gasteiger partial charge is 0.382 e. The maximum absolute atomic E-state index is 11.4. The number of nitrogen functional groups attached to an aromatic ring is 1. The first-order chi connectivity index (χ1) is 8.72. The van der Waals surface area contributed by atoms with E-state index in [1.165, 1.54) is 6.33 Å². The number of amides is 1. The predicted molar refractivity (Wildman–Crippen MR) is 66.4 cm³/mol. The van der Waals surface area contributed by atoms with E-state index in [-0.39, 0.29) is 5.91 Å². The van der Waals surface area contributed by atoms with Crippen molar-refractivity contribution >= 4 is 22.9 Å². The van der Waals surface area contributed by atoms with Gasteiger partial charge in [0.2, 0.25) is 5.91 Å². The molecular weight excluding hydrogens is 234 g/mol. The van der Waals surface area contributed by atoms with Crippen LogP contribution in [0.1, 0.15) is 6.42 Å². The summed E-state index contributed by atoms with van der Waals surface area (Å²) < 4.78 is 1.77. The molecule has 0 aliphatic heterocycles. The van der Waals surface area contributed by atoms with E-state index in [0.717, 1.165) is 0 Å². The van der Waals surface area contributed by atoms with Gasteiger partial charge >= 0.3 is 0 Å². The second-order valence-electron chi connectivity index (χ2n) is 3.76. The highest BCUT2D eigenvalue weighted by atomic mass is 16.1. The van der Waals surface area contributed by atoms with E-state index >= 15 is 0 Å². The molecule has 2 heterocycles. The Labute approximate surface area is 103 Å². The number of hydrogen-bond donors (Lipinski definition) is 3. The molecule has 2 rings (SSSR count). The Kier molecular flexibility index (Phi) is 3.68. The molecule has 8 heteroatoms. The molecule has 0 aliphatic carbocycles. The number of anilines is 1. The number of aryl methyl sites for hydroxylation is 1. The van der Waals surface area contributed by atoms with Gasteiger partial charge in [0.05, 0.1) is 6.33 Å². The van der Waals surface area contributed by atoms with Gasteiger partial charge in [0, 0.05) is 26.1 Å². The molecule has 2 aromatic heterocycles. The summed E-state index contributed by atoms with van der Waals surface area (Å²) in [5, 5.41) is 2.70. The second kappa shape index (κ2) is 5.41. The Morgan fingerprint density at radius 3 is 3.00 bits per heavy atom. The van der Waals surface area contributed by atoms with Gasteiger partial charge in [-0.1, -0.05) is 0 Å². The minimum Gasteiger partial charge on any atom is -0.382 e. The number of rotatable bonds is 5. The summed E-state index contributed by atoms with van der Waals surface area (Å²) in [7, 11) is 0. The number of hydrogen-bond acceptors (Lipinski definition) is 6. The first-order valence-electron chi connectivity index (χ1n) is 5.60. The Hall–Kier alpha value is -2.22. The molecule has 1 amide bonds. The van der Waals surface area contributed by atoms with Gasteiger partial charge in [-0.15, -0.1) is 0 Å². The van der Waals surface area contributed by atoms with Crippen LogP contribution in [0.15, 0.2) is 12.7 Å². The molecule has 2 aromatic rings. The second-order valence-corrected chi connectivity index (χ2v) is 3.76. The number of carbonyl (C=O) groups is 1. The first-order valence-corrected chi connectivity index (χ1v) is 5.60. The van der Waals surface area contributed by atoms with Crippen molar-refractivity contribution in [2.45, 2.75) is 13.0 Å². The molecule has 8 nitrogen and oxygen atoms in total. The molecule has 0 spiro atoms. The van der Waals surface area contributed by atoms with Gasteiger partial charge in [0.15, 0.2) is 11.5 Å². The van der Waals surface area contributed by atoms with E-state index in [9.17, 15) is 4.79 Å². The Morgan fingerprint density at radius 2 is 2.22 bits per heavy atom. The lowest BCUT2D eigenvalue weighted by Crippen LogP contribution is -2.29. The monoisotopic (exact) mass is 249 g/mol. The summed E-state index contributed by atoms with van der Waals surface area (Å²) in [4.78, 5) is 23.5. The zero-order chi connectivity index (χ0) is 13.0. The van der Waals surface area contributed by atoms with Gasteiger partial charge in [-0.25, -0.2) is 15.0 Å². The number of nitrogens with one attached hydrogen (secondary N) is 1. The summed E-state index contributed by atoms with van der Waals surface area (Å²) in [6.07, 6.45) is 3.33. The van der Waals surface area contributed by atoms with Crippen molar-refractivity contribution in [3.8, 4) is 0 Å². The maximum atomic E-state index is 11.4. The number of imidazole rings is 1. The van der Waals surface area contributed by atoms with Crippen molar-refractivity contribution in [2.24, 2.45) is 5.73 Å². The van der Waals surface area contributed by atoms with Crippen molar-refractivity contribution in [1.82, 2.24) is 24.8 Å². The molecule has 0 atom stereocenters. The first kappa shape index (κ1) is 12.2. The summed E-state index contributed by atoms with van der Waals surface area (Å²) in [5.74, 6) is 0.288. The lowest BCUT2D eigenvalue weighted by Gasteiger charge is -2.04. The van der Waals surface area contributed by atoms with Gasteiger partial charge in [-0.2, -0.15) is 0 Å². The Bertz CT molecular complexity index is 550. The number of fused-ring (bicyclic) bond motifs is 1. The fourth-order valence-electron chi connectivity index (χ4n) is 1.58. The molecule has 0 aromatic carbocycles. The van der Waals surface area contributed by atoms with Crippen LogP contribution >= 0.6 is 0 Å². The van der Waals surface area contributed by atoms with Gasteiger partial charge in [-0.3, -0.25) is 4.79 Å². The highest BCUT2D eigenvalue weighted by Crippen LogP contribution is 2.14. The summed E-state index contributed by atoms with van der Waals surface area (Å²) in [6.45, 7) is 1.41. The fourth-order valence-corrected chi connectivity index (χ4v) is 1.58. The lowest BCUT2D eigenvalue weighted by atomic mass is 10.4. The minimum atomic E-state index is -0.0515. The molecular formula is C10H15N7O. The topological polar surface area (TPSA) is 125 Å². The standard InChI is InChI=1S/C10H15N7O/c11-2-3-13-7(18)1-4-17-6-16-8-9(12)14-5-15-10(8)17/h5-6H,1-4,11H2,(H,13,18)(H2,12,14,15). The molecule has 0 saturated heterocycles. The van der Waals surface area contributed by atoms with Crippen molar-refractivity contribution in [3.05, 3.63) is 12.7 Å².